The van der Waals surface area contributed by atoms with E-state index in [0.717, 1.165) is 18.5 Å². The Balaban J connectivity index is 1.95. The molecule has 0 aliphatic rings. The predicted octanol–water partition coefficient (Wildman–Crippen LogP) is 3.13. The van der Waals surface area contributed by atoms with Crippen molar-refractivity contribution < 1.29 is 5.11 Å². The van der Waals surface area contributed by atoms with Crippen molar-refractivity contribution in [1.82, 2.24) is 5.32 Å². The molecule has 1 heterocycles. The molecular formula is C15H19NOS. The van der Waals surface area contributed by atoms with Crippen LogP contribution in [0.2, 0.25) is 0 Å². The largest absolute Gasteiger partial charge is 0.394 e. The first-order chi connectivity index (χ1) is 8.83. The summed E-state index contributed by atoms with van der Waals surface area (Å²) in [6.07, 6.45) is 1.09. The predicted molar refractivity (Wildman–Crippen MR) is 76.8 cm³/mol. The zero-order valence-electron chi connectivity index (χ0n) is 10.6. The van der Waals surface area contributed by atoms with E-state index < -0.39 is 0 Å². The van der Waals surface area contributed by atoms with Gasteiger partial charge in [-0.1, -0.05) is 37.3 Å². The number of aliphatic hydroxyl groups is 1. The van der Waals surface area contributed by atoms with Crippen molar-refractivity contribution in [2.24, 2.45) is 0 Å². The molecule has 1 aromatic heterocycles. The third kappa shape index (κ3) is 3.42. The fourth-order valence-corrected chi connectivity index (χ4v) is 2.81. The van der Waals surface area contributed by atoms with Crippen molar-refractivity contribution in [3.05, 3.63) is 57.8 Å². The molecule has 0 spiro atoms. The third-order valence-corrected chi connectivity index (χ3v) is 4.20. The maximum atomic E-state index is 9.45. The van der Waals surface area contributed by atoms with Gasteiger partial charge in [0.05, 0.1) is 12.6 Å². The molecule has 2 N–H and O–H groups in total. The maximum absolute atomic E-state index is 9.45. The molecule has 1 atom stereocenters. The molecular weight excluding hydrogens is 242 g/mol. The lowest BCUT2D eigenvalue weighted by atomic mass is 10.1. The van der Waals surface area contributed by atoms with Gasteiger partial charge in [0.15, 0.2) is 0 Å². The molecule has 2 nitrogen and oxygen atoms in total. The van der Waals surface area contributed by atoms with Crippen LogP contribution in [0.3, 0.4) is 0 Å². The molecule has 0 saturated heterocycles. The number of rotatable bonds is 6. The van der Waals surface area contributed by atoms with Gasteiger partial charge in [0.25, 0.3) is 0 Å². The summed E-state index contributed by atoms with van der Waals surface area (Å²) in [5, 5.41) is 12.8. The molecule has 0 bridgehead atoms. The Labute approximate surface area is 112 Å². The van der Waals surface area contributed by atoms with Crippen molar-refractivity contribution >= 4 is 11.3 Å². The van der Waals surface area contributed by atoms with E-state index in [1.807, 2.05) is 41.7 Å². The van der Waals surface area contributed by atoms with Crippen LogP contribution in [0.4, 0.5) is 0 Å². The second-order valence-corrected chi connectivity index (χ2v) is 5.50. The maximum Gasteiger partial charge on any atom is 0.0626 e. The zero-order chi connectivity index (χ0) is 12.8. The number of aryl methyl sites for hydroxylation is 1. The number of hydrogen-bond donors (Lipinski definition) is 2. The van der Waals surface area contributed by atoms with Gasteiger partial charge in [0.1, 0.15) is 0 Å². The average Bonchev–Trinajstić information content (AvgIpc) is 2.89. The molecule has 0 aliphatic carbocycles. The highest BCUT2D eigenvalue weighted by Gasteiger charge is 2.09. The quantitative estimate of drug-likeness (QED) is 0.837. The fourth-order valence-electron chi connectivity index (χ4n) is 1.90. The SMILES string of the molecule is CCc1ccc(CNC(CO)c2ccccc2)s1. The molecule has 0 radical (unpaired) electrons. The molecule has 0 aliphatic heterocycles. The smallest absolute Gasteiger partial charge is 0.0626 e. The molecule has 18 heavy (non-hydrogen) atoms. The van der Waals surface area contributed by atoms with Crippen molar-refractivity contribution in [3.63, 3.8) is 0 Å². The minimum atomic E-state index is 0.0124. The summed E-state index contributed by atoms with van der Waals surface area (Å²) >= 11 is 1.84. The van der Waals surface area contributed by atoms with E-state index in [4.69, 9.17) is 0 Å². The Kier molecular flexibility index (Phi) is 4.93. The second-order valence-electron chi connectivity index (χ2n) is 4.25. The Hall–Kier alpha value is -1.16. The van der Waals surface area contributed by atoms with Gasteiger partial charge in [0, 0.05) is 16.3 Å². The summed E-state index contributed by atoms with van der Waals surface area (Å²) in [5.74, 6) is 0. The Morgan fingerprint density at radius 2 is 1.83 bits per heavy atom. The van der Waals surface area contributed by atoms with Crippen LogP contribution >= 0.6 is 11.3 Å². The summed E-state index contributed by atoms with van der Waals surface area (Å²) in [6.45, 7) is 3.10. The third-order valence-electron chi connectivity index (χ3n) is 2.97. The first kappa shape index (κ1) is 13.3. The molecule has 0 amide bonds. The molecule has 2 rings (SSSR count). The van der Waals surface area contributed by atoms with E-state index in [2.05, 4.69) is 24.4 Å². The van der Waals surface area contributed by atoms with Gasteiger partial charge < -0.3 is 10.4 Å². The van der Waals surface area contributed by atoms with Crippen LogP contribution in [0.15, 0.2) is 42.5 Å². The summed E-state index contributed by atoms with van der Waals surface area (Å²) in [6, 6.07) is 14.4. The van der Waals surface area contributed by atoms with E-state index in [1.54, 1.807) is 0 Å². The van der Waals surface area contributed by atoms with Crippen LogP contribution in [-0.2, 0) is 13.0 Å². The molecule has 1 unspecified atom stereocenters. The summed E-state index contributed by atoms with van der Waals surface area (Å²) < 4.78 is 0. The molecule has 0 fully saturated rings. The number of benzene rings is 1. The standard InChI is InChI=1S/C15H19NOS/c1-2-13-8-9-14(18-13)10-16-15(11-17)12-6-4-3-5-7-12/h3-9,15-17H,2,10-11H2,1H3. The average molecular weight is 261 g/mol. The van der Waals surface area contributed by atoms with Crippen LogP contribution in [-0.4, -0.2) is 11.7 Å². The molecule has 3 heteroatoms. The highest BCUT2D eigenvalue weighted by atomic mass is 32.1. The van der Waals surface area contributed by atoms with Crippen molar-refractivity contribution in [2.45, 2.75) is 25.9 Å². The first-order valence-corrected chi connectivity index (χ1v) is 7.12. The number of nitrogens with one attached hydrogen (secondary N) is 1. The first-order valence-electron chi connectivity index (χ1n) is 6.30. The number of thiophene rings is 1. The highest BCUT2D eigenvalue weighted by molar-refractivity contribution is 7.11. The Morgan fingerprint density at radius 1 is 1.11 bits per heavy atom. The van der Waals surface area contributed by atoms with Gasteiger partial charge in [-0.15, -0.1) is 11.3 Å². The van der Waals surface area contributed by atoms with Gasteiger partial charge in [0.2, 0.25) is 0 Å². The van der Waals surface area contributed by atoms with Crippen molar-refractivity contribution in [2.75, 3.05) is 6.61 Å². The monoisotopic (exact) mass is 261 g/mol. The Morgan fingerprint density at radius 3 is 2.44 bits per heavy atom. The number of aliphatic hydroxyl groups excluding tert-OH is 1. The zero-order valence-corrected chi connectivity index (χ0v) is 11.4. The highest BCUT2D eigenvalue weighted by Crippen LogP contribution is 2.18. The van der Waals surface area contributed by atoms with E-state index in [0.29, 0.717) is 0 Å². The van der Waals surface area contributed by atoms with Crippen LogP contribution in [0.25, 0.3) is 0 Å². The second kappa shape index (κ2) is 6.69. The molecule has 96 valence electrons. The van der Waals surface area contributed by atoms with Gasteiger partial charge in [-0.3, -0.25) is 0 Å². The van der Waals surface area contributed by atoms with Gasteiger partial charge in [-0.05, 0) is 24.1 Å². The molecule has 2 aromatic rings. The van der Waals surface area contributed by atoms with Crippen LogP contribution in [0.5, 0.6) is 0 Å². The van der Waals surface area contributed by atoms with E-state index in [1.165, 1.54) is 9.75 Å². The van der Waals surface area contributed by atoms with E-state index in [9.17, 15) is 5.11 Å². The lowest BCUT2D eigenvalue weighted by Gasteiger charge is -2.16. The van der Waals surface area contributed by atoms with Crippen LogP contribution < -0.4 is 5.32 Å². The minimum Gasteiger partial charge on any atom is -0.394 e. The minimum absolute atomic E-state index is 0.0124. The van der Waals surface area contributed by atoms with Crippen molar-refractivity contribution in [1.29, 1.82) is 0 Å². The van der Waals surface area contributed by atoms with Crippen molar-refractivity contribution in [3.8, 4) is 0 Å². The lowest BCUT2D eigenvalue weighted by Crippen LogP contribution is -2.23. The van der Waals surface area contributed by atoms with Gasteiger partial charge in [-0.25, -0.2) is 0 Å². The van der Waals surface area contributed by atoms with Crippen LogP contribution in [0, 0.1) is 0 Å². The van der Waals surface area contributed by atoms with Gasteiger partial charge >= 0.3 is 0 Å². The Bertz CT molecular complexity index is 466. The van der Waals surface area contributed by atoms with E-state index in [-0.39, 0.29) is 12.6 Å². The summed E-state index contributed by atoms with van der Waals surface area (Å²) in [4.78, 5) is 2.73. The topological polar surface area (TPSA) is 32.3 Å². The molecule has 0 saturated carbocycles. The summed E-state index contributed by atoms with van der Waals surface area (Å²) in [7, 11) is 0. The lowest BCUT2D eigenvalue weighted by molar-refractivity contribution is 0.244. The summed E-state index contributed by atoms with van der Waals surface area (Å²) in [5.41, 5.74) is 1.13. The normalized spacial score (nSPS) is 12.6. The van der Waals surface area contributed by atoms with Crippen LogP contribution in [0.1, 0.15) is 28.3 Å². The number of hydrogen-bond acceptors (Lipinski definition) is 3. The molecule has 1 aromatic carbocycles. The van der Waals surface area contributed by atoms with E-state index >= 15 is 0 Å². The van der Waals surface area contributed by atoms with Gasteiger partial charge in [-0.2, -0.15) is 0 Å². The fraction of sp³-hybridized carbons (Fsp3) is 0.333.